The number of nitrogens with one attached hydrogen (secondary N) is 1. The number of halogens is 1. The van der Waals surface area contributed by atoms with E-state index in [0.29, 0.717) is 12.4 Å². The smallest absolute Gasteiger partial charge is 0.224 e. The molecular weight excluding hydrogens is 262 g/mol. The maximum absolute atomic E-state index is 10.4. The molecule has 0 atom stereocenters. The lowest BCUT2D eigenvalue weighted by atomic mass is 10.0. The lowest BCUT2D eigenvalue weighted by Crippen LogP contribution is -2.33. The van der Waals surface area contributed by atoms with Crippen LogP contribution in [0.25, 0.3) is 10.9 Å². The molecule has 1 saturated carbocycles. The molecule has 0 bridgehead atoms. The van der Waals surface area contributed by atoms with Gasteiger partial charge in [0.2, 0.25) is 5.28 Å². The zero-order valence-corrected chi connectivity index (χ0v) is 11.3. The van der Waals surface area contributed by atoms with Gasteiger partial charge < -0.3 is 10.4 Å². The minimum atomic E-state index is -0.613. The Balaban J connectivity index is 1.87. The highest BCUT2D eigenvalue weighted by atomic mass is 35.5. The van der Waals surface area contributed by atoms with E-state index < -0.39 is 5.60 Å². The Hall–Kier alpha value is -1.39. The molecular formula is C14H16ClN3O. The van der Waals surface area contributed by atoms with E-state index >= 15 is 0 Å². The summed E-state index contributed by atoms with van der Waals surface area (Å²) in [6.07, 6.45) is 3.86. The SMILES string of the molecule is OC1(CNc2nc(Cl)nc3ccccc23)CCCC1. The van der Waals surface area contributed by atoms with E-state index in [-0.39, 0.29) is 5.28 Å². The predicted molar refractivity (Wildman–Crippen MR) is 76.5 cm³/mol. The zero-order valence-electron chi connectivity index (χ0n) is 10.6. The van der Waals surface area contributed by atoms with Crippen molar-refractivity contribution in [2.45, 2.75) is 31.3 Å². The number of benzene rings is 1. The first kappa shape index (κ1) is 12.6. The van der Waals surface area contributed by atoms with Crippen LogP contribution in [0.1, 0.15) is 25.7 Å². The van der Waals surface area contributed by atoms with E-state index in [0.717, 1.165) is 36.6 Å². The van der Waals surface area contributed by atoms with Gasteiger partial charge in [-0.2, -0.15) is 0 Å². The molecule has 4 nitrogen and oxygen atoms in total. The number of fused-ring (bicyclic) bond motifs is 1. The molecule has 19 heavy (non-hydrogen) atoms. The highest BCUT2D eigenvalue weighted by molar-refractivity contribution is 6.28. The maximum atomic E-state index is 10.4. The molecule has 0 unspecified atom stereocenters. The number of nitrogens with zero attached hydrogens (tertiary/aromatic N) is 2. The van der Waals surface area contributed by atoms with Crippen LogP contribution in [-0.4, -0.2) is 27.2 Å². The number of hydrogen-bond acceptors (Lipinski definition) is 4. The number of hydrogen-bond donors (Lipinski definition) is 2. The summed E-state index contributed by atoms with van der Waals surface area (Å²) in [7, 11) is 0. The molecule has 0 aliphatic heterocycles. The molecule has 0 spiro atoms. The van der Waals surface area contributed by atoms with Gasteiger partial charge in [-0.05, 0) is 36.6 Å². The fraction of sp³-hybridized carbons (Fsp3) is 0.429. The van der Waals surface area contributed by atoms with Crippen LogP contribution in [0.3, 0.4) is 0 Å². The standard InChI is InChI=1S/C14H16ClN3O/c15-13-17-11-6-2-1-5-10(11)12(18-13)16-9-14(19)7-3-4-8-14/h1-2,5-6,19H,3-4,7-9H2,(H,16,17,18). The van der Waals surface area contributed by atoms with E-state index in [2.05, 4.69) is 15.3 Å². The van der Waals surface area contributed by atoms with Crippen molar-refractivity contribution in [1.82, 2.24) is 9.97 Å². The average molecular weight is 278 g/mol. The lowest BCUT2D eigenvalue weighted by molar-refractivity contribution is 0.0614. The quantitative estimate of drug-likeness (QED) is 0.847. The third-order valence-electron chi connectivity index (χ3n) is 3.70. The maximum Gasteiger partial charge on any atom is 0.224 e. The summed E-state index contributed by atoms with van der Waals surface area (Å²) >= 11 is 5.93. The molecule has 3 rings (SSSR count). The summed E-state index contributed by atoms with van der Waals surface area (Å²) in [6, 6.07) is 7.71. The number of aliphatic hydroxyl groups is 1. The Labute approximate surface area is 116 Å². The van der Waals surface area contributed by atoms with E-state index in [4.69, 9.17) is 11.6 Å². The van der Waals surface area contributed by atoms with E-state index in [1.165, 1.54) is 0 Å². The predicted octanol–water partition coefficient (Wildman–Crippen LogP) is 3.00. The highest BCUT2D eigenvalue weighted by Gasteiger charge is 2.30. The van der Waals surface area contributed by atoms with Crippen molar-refractivity contribution in [3.05, 3.63) is 29.5 Å². The molecule has 0 saturated heterocycles. The Bertz CT molecular complexity index is 596. The lowest BCUT2D eigenvalue weighted by Gasteiger charge is -2.23. The zero-order chi connectivity index (χ0) is 13.3. The summed E-state index contributed by atoms with van der Waals surface area (Å²) in [5.74, 6) is 0.691. The van der Waals surface area contributed by atoms with E-state index in [1.807, 2.05) is 24.3 Å². The molecule has 1 fully saturated rings. The summed E-state index contributed by atoms with van der Waals surface area (Å²) in [5, 5.41) is 14.7. The van der Waals surface area contributed by atoms with Crippen LogP contribution >= 0.6 is 11.6 Å². The molecule has 1 aromatic heterocycles. The van der Waals surface area contributed by atoms with Gasteiger partial charge in [-0.15, -0.1) is 0 Å². The molecule has 100 valence electrons. The molecule has 5 heteroatoms. The number of rotatable bonds is 3. The van der Waals surface area contributed by atoms with Gasteiger partial charge in [-0.1, -0.05) is 25.0 Å². The summed E-state index contributed by atoms with van der Waals surface area (Å²) in [4.78, 5) is 8.41. The molecule has 1 aromatic carbocycles. The minimum Gasteiger partial charge on any atom is -0.388 e. The average Bonchev–Trinajstić information content (AvgIpc) is 2.83. The molecule has 0 amide bonds. The van der Waals surface area contributed by atoms with Crippen molar-refractivity contribution in [2.24, 2.45) is 0 Å². The Kier molecular flexibility index (Phi) is 3.29. The molecule has 2 N–H and O–H groups in total. The van der Waals surface area contributed by atoms with E-state index in [1.54, 1.807) is 0 Å². The van der Waals surface area contributed by atoms with Gasteiger partial charge in [0.15, 0.2) is 0 Å². The van der Waals surface area contributed by atoms with Crippen molar-refractivity contribution < 1.29 is 5.11 Å². The van der Waals surface area contributed by atoms with Crippen LogP contribution in [0.5, 0.6) is 0 Å². The topological polar surface area (TPSA) is 58.0 Å². The van der Waals surface area contributed by atoms with Crippen LogP contribution < -0.4 is 5.32 Å². The molecule has 1 aliphatic rings. The normalized spacial score (nSPS) is 17.8. The largest absolute Gasteiger partial charge is 0.388 e. The van der Waals surface area contributed by atoms with Gasteiger partial charge in [0, 0.05) is 11.9 Å². The minimum absolute atomic E-state index is 0.222. The second-order valence-electron chi connectivity index (χ2n) is 5.14. The molecule has 1 heterocycles. The van der Waals surface area contributed by atoms with Crippen LogP contribution in [0, 0.1) is 0 Å². The van der Waals surface area contributed by atoms with Gasteiger partial charge in [0.25, 0.3) is 0 Å². The number of aromatic nitrogens is 2. The highest BCUT2D eigenvalue weighted by Crippen LogP contribution is 2.30. The Morgan fingerprint density at radius 3 is 2.74 bits per heavy atom. The van der Waals surface area contributed by atoms with Crippen LogP contribution in [0.2, 0.25) is 5.28 Å². The molecule has 1 aliphatic carbocycles. The van der Waals surface area contributed by atoms with Crippen LogP contribution in [0.4, 0.5) is 5.82 Å². The molecule has 0 radical (unpaired) electrons. The second-order valence-corrected chi connectivity index (χ2v) is 5.48. The van der Waals surface area contributed by atoms with Crippen molar-refractivity contribution in [3.8, 4) is 0 Å². The monoisotopic (exact) mass is 277 g/mol. The van der Waals surface area contributed by atoms with Crippen LogP contribution in [-0.2, 0) is 0 Å². The van der Waals surface area contributed by atoms with Gasteiger partial charge in [-0.3, -0.25) is 0 Å². The number of anilines is 1. The first-order valence-corrected chi connectivity index (χ1v) is 6.93. The van der Waals surface area contributed by atoms with Gasteiger partial charge in [0.1, 0.15) is 5.82 Å². The summed E-state index contributed by atoms with van der Waals surface area (Å²) in [6.45, 7) is 0.504. The third-order valence-corrected chi connectivity index (χ3v) is 3.86. The fourth-order valence-corrected chi connectivity index (χ4v) is 2.82. The Morgan fingerprint density at radius 2 is 1.95 bits per heavy atom. The Morgan fingerprint density at radius 1 is 1.21 bits per heavy atom. The van der Waals surface area contributed by atoms with E-state index in [9.17, 15) is 5.11 Å². The van der Waals surface area contributed by atoms with Crippen molar-refractivity contribution in [1.29, 1.82) is 0 Å². The van der Waals surface area contributed by atoms with Gasteiger partial charge in [0.05, 0.1) is 11.1 Å². The van der Waals surface area contributed by atoms with Crippen molar-refractivity contribution in [2.75, 3.05) is 11.9 Å². The fourth-order valence-electron chi connectivity index (χ4n) is 2.64. The van der Waals surface area contributed by atoms with Gasteiger partial charge >= 0.3 is 0 Å². The summed E-state index contributed by atoms with van der Waals surface area (Å²) in [5.41, 5.74) is 0.196. The first-order chi connectivity index (χ1) is 9.16. The number of para-hydroxylation sites is 1. The van der Waals surface area contributed by atoms with Gasteiger partial charge in [-0.25, -0.2) is 9.97 Å². The first-order valence-electron chi connectivity index (χ1n) is 6.55. The third kappa shape index (κ3) is 2.65. The second kappa shape index (κ2) is 4.94. The molecule has 2 aromatic rings. The van der Waals surface area contributed by atoms with Crippen molar-refractivity contribution >= 4 is 28.3 Å². The summed E-state index contributed by atoms with van der Waals surface area (Å²) < 4.78 is 0. The van der Waals surface area contributed by atoms with Crippen molar-refractivity contribution in [3.63, 3.8) is 0 Å². The van der Waals surface area contributed by atoms with Crippen LogP contribution in [0.15, 0.2) is 24.3 Å².